The van der Waals surface area contributed by atoms with Gasteiger partial charge in [0.1, 0.15) is 12.4 Å². The van der Waals surface area contributed by atoms with Gasteiger partial charge in [0.2, 0.25) is 5.91 Å². The summed E-state index contributed by atoms with van der Waals surface area (Å²) in [6, 6.07) is 12.4. The van der Waals surface area contributed by atoms with Gasteiger partial charge in [-0.2, -0.15) is 0 Å². The lowest BCUT2D eigenvalue weighted by Crippen LogP contribution is -2.25. The molecule has 0 atom stereocenters. The van der Waals surface area contributed by atoms with Gasteiger partial charge in [-0.15, -0.1) is 0 Å². The lowest BCUT2D eigenvalue weighted by molar-refractivity contribution is -0.116. The van der Waals surface area contributed by atoms with E-state index in [1.54, 1.807) is 55.9 Å². The van der Waals surface area contributed by atoms with Gasteiger partial charge in [-0.05, 0) is 30.3 Å². The molecule has 0 saturated carbocycles. The van der Waals surface area contributed by atoms with Gasteiger partial charge in [0.05, 0.1) is 5.69 Å². The summed E-state index contributed by atoms with van der Waals surface area (Å²) < 4.78 is 14.8. The number of anilines is 1. The predicted molar refractivity (Wildman–Crippen MR) is 107 cm³/mol. The molecule has 3 rings (SSSR count). The Hall–Kier alpha value is -3.26. The molecular weight excluding hydrogens is 381 g/mol. The number of hydrogen-bond donors (Lipinski definition) is 1. The SMILES string of the molecule is CN(C)C(=O)c1cccc(NC(=O)Cn2c(-c3cccc(F)c3)csc2=O)c1. The summed E-state index contributed by atoms with van der Waals surface area (Å²) in [5, 5.41) is 4.29. The molecule has 3 aromatic rings. The number of benzene rings is 2. The van der Waals surface area contributed by atoms with Crippen LogP contribution in [0.15, 0.2) is 58.7 Å². The highest BCUT2D eigenvalue weighted by Gasteiger charge is 2.14. The fourth-order valence-corrected chi connectivity index (χ4v) is 3.45. The van der Waals surface area contributed by atoms with E-state index in [0.29, 0.717) is 22.5 Å². The van der Waals surface area contributed by atoms with Crippen LogP contribution in [-0.4, -0.2) is 35.4 Å². The molecule has 28 heavy (non-hydrogen) atoms. The van der Waals surface area contributed by atoms with Crippen LogP contribution in [0.5, 0.6) is 0 Å². The molecule has 144 valence electrons. The maximum Gasteiger partial charge on any atom is 0.308 e. The molecule has 2 amide bonds. The zero-order valence-electron chi connectivity index (χ0n) is 15.3. The summed E-state index contributed by atoms with van der Waals surface area (Å²) in [5.41, 5.74) is 1.88. The summed E-state index contributed by atoms with van der Waals surface area (Å²) in [6.07, 6.45) is 0. The van der Waals surface area contributed by atoms with E-state index in [1.807, 2.05) is 0 Å². The number of carbonyl (C=O) groups is 2. The first kappa shape index (κ1) is 19.5. The summed E-state index contributed by atoms with van der Waals surface area (Å²) in [5.74, 6) is -1.03. The van der Waals surface area contributed by atoms with Gasteiger partial charge in [0, 0.05) is 36.3 Å². The number of hydrogen-bond acceptors (Lipinski definition) is 4. The van der Waals surface area contributed by atoms with Gasteiger partial charge in [-0.1, -0.05) is 29.5 Å². The van der Waals surface area contributed by atoms with Gasteiger partial charge in [0.25, 0.3) is 5.91 Å². The standard InChI is InChI=1S/C20H18FN3O3S/c1-23(2)19(26)14-6-4-8-16(10-14)22-18(25)11-24-17(12-28-20(24)27)13-5-3-7-15(21)9-13/h3-10,12H,11H2,1-2H3,(H,22,25). The normalized spacial score (nSPS) is 10.5. The monoisotopic (exact) mass is 399 g/mol. The van der Waals surface area contributed by atoms with E-state index >= 15 is 0 Å². The Morgan fingerprint density at radius 3 is 2.61 bits per heavy atom. The molecule has 2 aromatic carbocycles. The van der Waals surface area contributed by atoms with E-state index in [-0.39, 0.29) is 17.3 Å². The summed E-state index contributed by atoms with van der Waals surface area (Å²) in [6.45, 7) is -0.222. The molecule has 6 nitrogen and oxygen atoms in total. The molecule has 0 saturated heterocycles. The van der Waals surface area contributed by atoms with Crippen molar-refractivity contribution in [2.45, 2.75) is 6.54 Å². The minimum atomic E-state index is -0.424. The lowest BCUT2D eigenvalue weighted by Gasteiger charge is -2.12. The van der Waals surface area contributed by atoms with Crippen molar-refractivity contribution >= 4 is 28.8 Å². The van der Waals surface area contributed by atoms with Crippen LogP contribution in [0.2, 0.25) is 0 Å². The highest BCUT2D eigenvalue weighted by Crippen LogP contribution is 2.21. The van der Waals surface area contributed by atoms with E-state index in [9.17, 15) is 18.8 Å². The van der Waals surface area contributed by atoms with E-state index in [2.05, 4.69) is 5.32 Å². The van der Waals surface area contributed by atoms with Crippen LogP contribution in [0.3, 0.4) is 0 Å². The smallest absolute Gasteiger partial charge is 0.308 e. The number of aromatic nitrogens is 1. The number of thiazole rings is 1. The van der Waals surface area contributed by atoms with Crippen LogP contribution in [-0.2, 0) is 11.3 Å². The van der Waals surface area contributed by atoms with Crippen molar-refractivity contribution < 1.29 is 14.0 Å². The van der Waals surface area contributed by atoms with E-state index in [4.69, 9.17) is 0 Å². The van der Waals surface area contributed by atoms with Crippen LogP contribution in [0.4, 0.5) is 10.1 Å². The van der Waals surface area contributed by atoms with Gasteiger partial charge >= 0.3 is 4.87 Å². The molecule has 0 bridgehead atoms. The minimum Gasteiger partial charge on any atom is -0.345 e. The van der Waals surface area contributed by atoms with E-state index in [1.165, 1.54) is 21.6 Å². The van der Waals surface area contributed by atoms with Crippen LogP contribution in [0.25, 0.3) is 11.3 Å². The largest absolute Gasteiger partial charge is 0.345 e. The fraction of sp³-hybridized carbons (Fsp3) is 0.150. The average molecular weight is 399 g/mol. The molecule has 0 radical (unpaired) electrons. The summed E-state index contributed by atoms with van der Waals surface area (Å²) in [7, 11) is 3.29. The molecule has 0 aliphatic carbocycles. The van der Waals surface area contributed by atoms with Crippen LogP contribution >= 0.6 is 11.3 Å². The quantitative estimate of drug-likeness (QED) is 0.717. The second-order valence-electron chi connectivity index (χ2n) is 6.31. The Labute approximate surface area is 164 Å². The zero-order valence-corrected chi connectivity index (χ0v) is 16.1. The predicted octanol–water partition coefficient (Wildman–Crippen LogP) is 3.06. The van der Waals surface area contributed by atoms with Gasteiger partial charge < -0.3 is 10.2 Å². The van der Waals surface area contributed by atoms with Crippen LogP contribution < -0.4 is 10.2 Å². The molecule has 0 spiro atoms. The van der Waals surface area contributed by atoms with Crippen molar-refractivity contribution in [1.29, 1.82) is 0 Å². The maximum atomic E-state index is 13.5. The summed E-state index contributed by atoms with van der Waals surface area (Å²) >= 11 is 0.944. The third kappa shape index (κ3) is 4.34. The molecule has 1 N–H and O–H groups in total. The zero-order chi connectivity index (χ0) is 20.3. The van der Waals surface area contributed by atoms with Crippen molar-refractivity contribution in [3.05, 3.63) is 75.0 Å². The first-order valence-electron chi connectivity index (χ1n) is 8.41. The van der Waals surface area contributed by atoms with Crippen molar-refractivity contribution in [1.82, 2.24) is 9.47 Å². The minimum absolute atomic E-state index is 0.182. The van der Waals surface area contributed by atoms with E-state index < -0.39 is 11.7 Å². The number of nitrogens with one attached hydrogen (secondary N) is 1. The molecule has 0 fully saturated rings. The lowest BCUT2D eigenvalue weighted by atomic mass is 10.1. The maximum absolute atomic E-state index is 13.5. The number of rotatable bonds is 5. The summed E-state index contributed by atoms with van der Waals surface area (Å²) in [4.78, 5) is 37.8. The first-order chi connectivity index (χ1) is 13.3. The highest BCUT2D eigenvalue weighted by molar-refractivity contribution is 7.07. The van der Waals surface area contributed by atoms with Crippen LogP contribution in [0, 0.1) is 5.82 Å². The van der Waals surface area contributed by atoms with Gasteiger partial charge in [-0.25, -0.2) is 4.39 Å². The number of halogens is 1. The van der Waals surface area contributed by atoms with Crippen molar-refractivity contribution in [2.24, 2.45) is 0 Å². The average Bonchev–Trinajstić information content (AvgIpc) is 3.01. The number of carbonyl (C=O) groups excluding carboxylic acids is 2. The topological polar surface area (TPSA) is 71.4 Å². The molecule has 0 unspecified atom stereocenters. The molecule has 0 aliphatic rings. The molecule has 8 heteroatoms. The Bertz CT molecular complexity index is 1090. The Kier molecular flexibility index (Phi) is 5.70. The molecule has 0 aliphatic heterocycles. The second-order valence-corrected chi connectivity index (χ2v) is 7.13. The second kappa shape index (κ2) is 8.18. The van der Waals surface area contributed by atoms with E-state index in [0.717, 1.165) is 11.3 Å². The first-order valence-corrected chi connectivity index (χ1v) is 9.29. The van der Waals surface area contributed by atoms with Crippen molar-refractivity contribution in [2.75, 3.05) is 19.4 Å². The highest BCUT2D eigenvalue weighted by atomic mass is 32.1. The Morgan fingerprint density at radius 2 is 1.89 bits per heavy atom. The molecule has 1 heterocycles. The number of amides is 2. The van der Waals surface area contributed by atoms with Gasteiger partial charge in [0.15, 0.2) is 0 Å². The Balaban J connectivity index is 1.80. The third-order valence-corrected chi connectivity index (χ3v) is 4.77. The molecule has 1 aromatic heterocycles. The van der Waals surface area contributed by atoms with Crippen molar-refractivity contribution in [3.63, 3.8) is 0 Å². The number of nitrogens with zero attached hydrogens (tertiary/aromatic N) is 2. The molecular formula is C20H18FN3O3S. The fourth-order valence-electron chi connectivity index (χ4n) is 2.69. The van der Waals surface area contributed by atoms with Gasteiger partial charge in [-0.3, -0.25) is 19.0 Å². The Morgan fingerprint density at radius 1 is 1.14 bits per heavy atom. The third-order valence-electron chi connectivity index (χ3n) is 4.00. The van der Waals surface area contributed by atoms with Crippen LogP contribution in [0.1, 0.15) is 10.4 Å². The van der Waals surface area contributed by atoms with Crippen molar-refractivity contribution in [3.8, 4) is 11.3 Å².